The van der Waals surface area contributed by atoms with Gasteiger partial charge in [-0.05, 0) is 48.5 Å². The number of phenolic OH excluding ortho intramolecular Hbond substituents is 1. The van der Waals surface area contributed by atoms with Crippen molar-refractivity contribution in [2.45, 2.75) is 4.90 Å². The second-order valence-corrected chi connectivity index (χ2v) is 9.96. The first-order chi connectivity index (χ1) is 17.1. The fourth-order valence-electron chi connectivity index (χ4n) is 3.20. The second kappa shape index (κ2) is 10.2. The van der Waals surface area contributed by atoms with Crippen molar-refractivity contribution in [3.63, 3.8) is 0 Å². The van der Waals surface area contributed by atoms with Crippen LogP contribution in [-0.2, 0) is 9.84 Å². The summed E-state index contributed by atoms with van der Waals surface area (Å²) >= 11 is 6.03. The minimum atomic E-state index is -3.62. The Morgan fingerprint density at radius 2 is 1.72 bits per heavy atom. The molecule has 0 unspecified atom stereocenters. The van der Waals surface area contributed by atoms with Gasteiger partial charge in [0.1, 0.15) is 22.9 Å². The maximum absolute atomic E-state index is 14.3. The monoisotopic (exact) mass is 527 g/mol. The van der Waals surface area contributed by atoms with Gasteiger partial charge >= 0.3 is 0 Å². The second-order valence-electron chi connectivity index (χ2n) is 7.57. The zero-order valence-electron chi connectivity index (χ0n) is 18.7. The zero-order valence-corrected chi connectivity index (χ0v) is 20.2. The number of aromatic hydroxyl groups is 1. The number of carbonyl (C=O) groups is 1. The van der Waals surface area contributed by atoms with Gasteiger partial charge in [0, 0.05) is 18.1 Å². The third kappa shape index (κ3) is 5.70. The number of anilines is 5. The van der Waals surface area contributed by atoms with Gasteiger partial charge in [-0.2, -0.15) is 4.98 Å². The molecular formula is C24H19ClFN5O4S. The van der Waals surface area contributed by atoms with Gasteiger partial charge in [0.05, 0.1) is 21.3 Å². The first-order valence-corrected chi connectivity index (χ1v) is 12.6. The number of nitrogens with one attached hydrogen (secondary N) is 3. The molecule has 1 aromatic heterocycles. The Morgan fingerprint density at radius 1 is 1.00 bits per heavy atom. The summed E-state index contributed by atoms with van der Waals surface area (Å²) in [6.45, 7) is 0. The Morgan fingerprint density at radius 3 is 2.42 bits per heavy atom. The van der Waals surface area contributed by atoms with Crippen LogP contribution in [0.2, 0.25) is 5.02 Å². The molecule has 4 aromatic rings. The number of rotatable bonds is 7. The van der Waals surface area contributed by atoms with Crippen LogP contribution in [0, 0.1) is 5.82 Å². The molecule has 36 heavy (non-hydrogen) atoms. The Hall–Kier alpha value is -4.22. The molecule has 0 bridgehead atoms. The van der Waals surface area contributed by atoms with E-state index in [-0.39, 0.29) is 44.4 Å². The minimum absolute atomic E-state index is 0.00758. The van der Waals surface area contributed by atoms with Gasteiger partial charge < -0.3 is 21.1 Å². The van der Waals surface area contributed by atoms with Crippen molar-refractivity contribution in [3.8, 4) is 5.75 Å². The van der Waals surface area contributed by atoms with Gasteiger partial charge in [-0.15, -0.1) is 0 Å². The Labute approximate surface area is 210 Å². The summed E-state index contributed by atoms with van der Waals surface area (Å²) in [5.41, 5.74) is 0.393. The van der Waals surface area contributed by atoms with Crippen molar-refractivity contribution < 1.29 is 22.7 Å². The van der Waals surface area contributed by atoms with Crippen LogP contribution in [0.4, 0.5) is 33.2 Å². The maximum atomic E-state index is 14.3. The van der Waals surface area contributed by atoms with Gasteiger partial charge in [-0.25, -0.2) is 17.8 Å². The number of halogens is 2. The fraction of sp³-hybridized carbons (Fsp3) is 0.0417. The van der Waals surface area contributed by atoms with Crippen LogP contribution >= 0.6 is 11.6 Å². The molecule has 0 aliphatic heterocycles. The molecule has 184 valence electrons. The third-order valence-corrected chi connectivity index (χ3v) is 6.37. The van der Waals surface area contributed by atoms with Crippen LogP contribution in [0.25, 0.3) is 0 Å². The molecule has 0 saturated heterocycles. The van der Waals surface area contributed by atoms with Crippen molar-refractivity contribution in [1.29, 1.82) is 0 Å². The molecule has 9 nitrogen and oxygen atoms in total. The number of hydrogen-bond donors (Lipinski definition) is 4. The van der Waals surface area contributed by atoms with E-state index in [0.29, 0.717) is 5.69 Å². The minimum Gasteiger partial charge on any atom is -0.508 e. The van der Waals surface area contributed by atoms with E-state index >= 15 is 0 Å². The van der Waals surface area contributed by atoms with E-state index in [2.05, 4.69) is 25.9 Å². The van der Waals surface area contributed by atoms with E-state index < -0.39 is 21.6 Å². The number of sulfone groups is 1. The third-order valence-electron chi connectivity index (χ3n) is 4.90. The Balaban J connectivity index is 1.75. The highest BCUT2D eigenvalue weighted by Crippen LogP contribution is 2.29. The summed E-state index contributed by atoms with van der Waals surface area (Å²) in [6, 6.07) is 16.2. The number of amides is 1. The van der Waals surface area contributed by atoms with E-state index in [4.69, 9.17) is 11.6 Å². The zero-order chi connectivity index (χ0) is 25.9. The normalized spacial score (nSPS) is 11.1. The fourth-order valence-corrected chi connectivity index (χ4v) is 4.25. The topological polar surface area (TPSA) is 133 Å². The molecule has 4 N–H and O–H groups in total. The summed E-state index contributed by atoms with van der Waals surface area (Å²) in [4.78, 5) is 21.6. The number of phenols is 1. The number of nitrogens with zero attached hydrogens (tertiary/aromatic N) is 2. The molecule has 3 aromatic carbocycles. The summed E-state index contributed by atoms with van der Waals surface area (Å²) in [5, 5.41) is 17.7. The average molecular weight is 528 g/mol. The quantitative estimate of drug-likeness (QED) is 0.243. The van der Waals surface area contributed by atoms with Crippen molar-refractivity contribution in [3.05, 3.63) is 89.3 Å². The van der Waals surface area contributed by atoms with Crippen LogP contribution in [-0.4, -0.2) is 35.7 Å². The molecule has 0 saturated carbocycles. The summed E-state index contributed by atoms with van der Waals surface area (Å²) < 4.78 is 38.8. The summed E-state index contributed by atoms with van der Waals surface area (Å²) in [7, 11) is -3.62. The first kappa shape index (κ1) is 24.9. The number of para-hydroxylation sites is 2. The number of hydrogen-bond acceptors (Lipinski definition) is 8. The highest BCUT2D eigenvalue weighted by molar-refractivity contribution is 7.90. The van der Waals surface area contributed by atoms with Crippen LogP contribution < -0.4 is 16.0 Å². The van der Waals surface area contributed by atoms with Crippen molar-refractivity contribution in [1.82, 2.24) is 9.97 Å². The van der Waals surface area contributed by atoms with Gasteiger partial charge in [0.2, 0.25) is 5.95 Å². The van der Waals surface area contributed by atoms with E-state index in [0.717, 1.165) is 12.3 Å². The first-order valence-electron chi connectivity index (χ1n) is 10.4. The highest BCUT2D eigenvalue weighted by Gasteiger charge is 2.20. The lowest BCUT2D eigenvalue weighted by Gasteiger charge is -2.15. The molecule has 0 radical (unpaired) electrons. The summed E-state index contributed by atoms with van der Waals surface area (Å²) in [6.07, 6.45) is 2.25. The largest absolute Gasteiger partial charge is 0.508 e. The molecule has 4 rings (SSSR count). The van der Waals surface area contributed by atoms with Crippen LogP contribution in [0.1, 0.15) is 10.4 Å². The van der Waals surface area contributed by atoms with Gasteiger partial charge in [0.15, 0.2) is 9.84 Å². The van der Waals surface area contributed by atoms with Crippen LogP contribution in [0.5, 0.6) is 5.75 Å². The van der Waals surface area contributed by atoms with Crippen molar-refractivity contribution in [2.75, 3.05) is 22.2 Å². The smallest absolute Gasteiger partial charge is 0.261 e. The standard InChI is InChI=1S/C24H19ClFN5O4S/c1-36(34,35)20-8-3-2-7-19(20)29-22-16(23(33)30-21-17(25)5-4-6-18(21)26)13-27-24(31-22)28-14-9-11-15(32)12-10-14/h2-13,32H,1H3,(H,30,33)(H2,27,28,29,31). The summed E-state index contributed by atoms with van der Waals surface area (Å²) in [5.74, 6) is -1.43. The molecule has 1 heterocycles. The van der Waals surface area contributed by atoms with Gasteiger partial charge in [0.25, 0.3) is 5.91 Å². The predicted octanol–water partition coefficient (Wildman–Crippen LogP) is 5.12. The molecule has 0 aliphatic rings. The lowest BCUT2D eigenvalue weighted by molar-refractivity contribution is 0.102. The highest BCUT2D eigenvalue weighted by atomic mass is 35.5. The van der Waals surface area contributed by atoms with Crippen LogP contribution in [0.3, 0.4) is 0 Å². The lowest BCUT2D eigenvalue weighted by Crippen LogP contribution is -2.17. The molecule has 0 spiro atoms. The molecular weight excluding hydrogens is 509 g/mol. The van der Waals surface area contributed by atoms with E-state index in [1.807, 2.05) is 0 Å². The molecule has 12 heteroatoms. The maximum Gasteiger partial charge on any atom is 0.261 e. The van der Waals surface area contributed by atoms with Gasteiger partial charge in [-0.3, -0.25) is 4.79 Å². The van der Waals surface area contributed by atoms with Crippen molar-refractivity contribution in [2.24, 2.45) is 0 Å². The SMILES string of the molecule is CS(=O)(=O)c1ccccc1Nc1nc(Nc2ccc(O)cc2)ncc1C(=O)Nc1c(F)cccc1Cl. The Kier molecular flexibility index (Phi) is 7.04. The number of aromatic nitrogens is 2. The molecule has 0 atom stereocenters. The number of carbonyl (C=O) groups excluding carboxylic acids is 1. The van der Waals surface area contributed by atoms with E-state index in [1.165, 1.54) is 42.6 Å². The van der Waals surface area contributed by atoms with Gasteiger partial charge in [-0.1, -0.05) is 29.8 Å². The number of benzene rings is 3. The lowest BCUT2D eigenvalue weighted by atomic mass is 10.2. The predicted molar refractivity (Wildman–Crippen MR) is 136 cm³/mol. The van der Waals surface area contributed by atoms with Crippen LogP contribution in [0.15, 0.2) is 77.8 Å². The van der Waals surface area contributed by atoms with Crippen molar-refractivity contribution >= 4 is 56.2 Å². The molecule has 1 amide bonds. The molecule has 0 fully saturated rings. The van der Waals surface area contributed by atoms with E-state index in [1.54, 1.807) is 24.3 Å². The molecule has 0 aliphatic carbocycles. The Bertz CT molecular complexity index is 1530. The van der Waals surface area contributed by atoms with E-state index in [9.17, 15) is 22.7 Å². The average Bonchev–Trinajstić information content (AvgIpc) is 2.83.